The number of rotatable bonds is 3. The highest BCUT2D eigenvalue weighted by Gasteiger charge is 2.25. The van der Waals surface area contributed by atoms with E-state index in [2.05, 4.69) is 31.7 Å². The van der Waals surface area contributed by atoms with Crippen LogP contribution in [-0.2, 0) is 0 Å². The number of anilines is 2. The zero-order chi connectivity index (χ0) is 20.4. The Bertz CT molecular complexity index is 875. The number of hydrogen-bond donors (Lipinski definition) is 0. The summed E-state index contributed by atoms with van der Waals surface area (Å²) in [6.07, 6.45) is 0. The molecule has 2 fully saturated rings. The number of aromatic nitrogens is 2. The van der Waals surface area contributed by atoms with Crippen molar-refractivity contribution in [1.29, 1.82) is 0 Å². The van der Waals surface area contributed by atoms with Crippen LogP contribution in [0, 0.1) is 12.7 Å². The van der Waals surface area contributed by atoms with E-state index < -0.39 is 0 Å². The topological polar surface area (TPSA) is 55.8 Å². The third-order valence-corrected chi connectivity index (χ3v) is 5.63. The summed E-state index contributed by atoms with van der Waals surface area (Å²) in [5, 5.41) is 0. The summed E-state index contributed by atoms with van der Waals surface area (Å²) < 4.78 is 14.1. The van der Waals surface area contributed by atoms with Crippen molar-refractivity contribution in [2.24, 2.45) is 0 Å². The van der Waals surface area contributed by atoms with Crippen molar-refractivity contribution in [3.8, 4) is 0 Å². The maximum absolute atomic E-state index is 14.1. The fourth-order valence-corrected chi connectivity index (χ4v) is 3.88. The van der Waals surface area contributed by atoms with Crippen molar-refractivity contribution in [2.75, 3.05) is 69.2 Å². The first-order chi connectivity index (χ1) is 14.0. The van der Waals surface area contributed by atoms with Gasteiger partial charge in [-0.1, -0.05) is 12.1 Å². The van der Waals surface area contributed by atoms with Crippen LogP contribution < -0.4 is 9.80 Å². The van der Waals surface area contributed by atoms with Crippen LogP contribution in [0.25, 0.3) is 0 Å². The Kier molecular flexibility index (Phi) is 5.62. The molecule has 2 aliphatic rings. The second-order valence-corrected chi connectivity index (χ2v) is 7.68. The quantitative estimate of drug-likeness (QED) is 0.784. The molecule has 0 atom stereocenters. The van der Waals surface area contributed by atoms with E-state index in [1.54, 1.807) is 12.1 Å². The number of nitrogens with zero attached hydrogens (tertiary/aromatic N) is 6. The van der Waals surface area contributed by atoms with Gasteiger partial charge in [0.25, 0.3) is 5.91 Å². The van der Waals surface area contributed by atoms with Gasteiger partial charge >= 0.3 is 0 Å². The summed E-state index contributed by atoms with van der Waals surface area (Å²) in [6.45, 7) is 7.84. The van der Waals surface area contributed by atoms with Crippen LogP contribution in [0.4, 0.5) is 15.9 Å². The summed E-state index contributed by atoms with van der Waals surface area (Å²) in [5.74, 6) is 1.13. The highest BCUT2D eigenvalue weighted by molar-refractivity contribution is 5.93. The minimum Gasteiger partial charge on any atom is -0.366 e. The molecule has 1 amide bonds. The highest BCUT2D eigenvalue weighted by atomic mass is 19.1. The molecule has 0 spiro atoms. The summed E-state index contributed by atoms with van der Waals surface area (Å²) in [7, 11) is 2.07. The molecule has 0 N–H and O–H groups in total. The van der Waals surface area contributed by atoms with E-state index >= 15 is 0 Å². The molecule has 7 nitrogen and oxygen atoms in total. The summed E-state index contributed by atoms with van der Waals surface area (Å²) >= 11 is 0. The lowest BCUT2D eigenvalue weighted by atomic mass is 10.2. The molecule has 2 aliphatic heterocycles. The third-order valence-electron chi connectivity index (χ3n) is 5.63. The van der Waals surface area contributed by atoms with Gasteiger partial charge in [-0.15, -0.1) is 0 Å². The molecule has 0 unspecified atom stereocenters. The molecule has 4 rings (SSSR count). The van der Waals surface area contributed by atoms with Gasteiger partial charge in [-0.2, -0.15) is 0 Å². The average molecular weight is 398 g/mol. The summed E-state index contributed by atoms with van der Waals surface area (Å²) in [6, 6.07) is 8.66. The number of aryl methyl sites for hydroxylation is 1. The van der Waals surface area contributed by atoms with Gasteiger partial charge in [0, 0.05) is 58.4 Å². The second kappa shape index (κ2) is 8.32. The maximum Gasteiger partial charge on any atom is 0.272 e. The first-order valence-electron chi connectivity index (χ1n) is 10.1. The Morgan fingerprint density at radius 3 is 2.28 bits per heavy atom. The van der Waals surface area contributed by atoms with Crippen molar-refractivity contribution >= 4 is 17.4 Å². The lowest BCUT2D eigenvalue weighted by Gasteiger charge is -2.37. The monoisotopic (exact) mass is 398 g/mol. The molecule has 1 aromatic carbocycles. The standard InChI is InChI=1S/C21H27FN6O/c1-16-23-18(21(29)28-9-7-25(2)8-10-28)15-20(24-16)27-13-11-26(12-14-27)19-6-4-3-5-17(19)22/h3-6,15H,7-14H2,1-2H3. The lowest BCUT2D eigenvalue weighted by molar-refractivity contribution is 0.0658. The number of piperazine rings is 2. The minimum absolute atomic E-state index is 0.0326. The van der Waals surface area contributed by atoms with Gasteiger partial charge in [0.15, 0.2) is 0 Å². The molecular formula is C21H27FN6O. The first kappa shape index (κ1) is 19.6. The molecule has 0 radical (unpaired) electrons. The fourth-order valence-electron chi connectivity index (χ4n) is 3.88. The SMILES string of the molecule is Cc1nc(C(=O)N2CCN(C)CC2)cc(N2CCN(c3ccccc3F)CC2)n1. The average Bonchev–Trinajstić information content (AvgIpc) is 2.74. The van der Waals surface area contributed by atoms with Gasteiger partial charge in [-0.25, -0.2) is 14.4 Å². The number of carbonyl (C=O) groups is 1. The first-order valence-corrected chi connectivity index (χ1v) is 10.1. The van der Waals surface area contributed by atoms with E-state index in [-0.39, 0.29) is 11.7 Å². The minimum atomic E-state index is -0.195. The van der Waals surface area contributed by atoms with Crippen molar-refractivity contribution in [3.63, 3.8) is 0 Å². The van der Waals surface area contributed by atoms with Gasteiger partial charge in [0.2, 0.25) is 0 Å². The summed E-state index contributed by atoms with van der Waals surface area (Å²) in [4.78, 5) is 30.1. The van der Waals surface area contributed by atoms with E-state index in [1.165, 1.54) is 6.07 Å². The number of halogens is 1. The van der Waals surface area contributed by atoms with E-state index in [4.69, 9.17) is 0 Å². The number of likely N-dealkylation sites (N-methyl/N-ethyl adjacent to an activating group) is 1. The Labute approximate surface area is 170 Å². The molecular weight excluding hydrogens is 371 g/mol. The Morgan fingerprint density at radius 1 is 0.931 bits per heavy atom. The molecule has 8 heteroatoms. The molecule has 3 heterocycles. The van der Waals surface area contributed by atoms with Crippen LogP contribution in [0.2, 0.25) is 0 Å². The molecule has 29 heavy (non-hydrogen) atoms. The predicted molar refractivity (Wildman–Crippen MR) is 111 cm³/mol. The fraction of sp³-hybridized carbons (Fsp3) is 0.476. The third kappa shape index (κ3) is 4.32. The van der Waals surface area contributed by atoms with E-state index in [1.807, 2.05) is 24.0 Å². The van der Waals surface area contributed by atoms with Gasteiger partial charge in [0.05, 0.1) is 5.69 Å². The van der Waals surface area contributed by atoms with Crippen LogP contribution in [0.1, 0.15) is 16.3 Å². The molecule has 154 valence electrons. The number of benzene rings is 1. The van der Waals surface area contributed by atoms with Crippen LogP contribution >= 0.6 is 0 Å². The van der Waals surface area contributed by atoms with E-state index in [0.717, 1.165) is 32.0 Å². The van der Waals surface area contributed by atoms with Crippen LogP contribution in [0.3, 0.4) is 0 Å². The maximum atomic E-state index is 14.1. The Morgan fingerprint density at radius 2 is 1.59 bits per heavy atom. The smallest absolute Gasteiger partial charge is 0.272 e. The van der Waals surface area contributed by atoms with Gasteiger partial charge < -0.3 is 19.6 Å². The van der Waals surface area contributed by atoms with Crippen molar-refractivity contribution in [3.05, 3.63) is 47.7 Å². The number of para-hydroxylation sites is 1. The van der Waals surface area contributed by atoms with Gasteiger partial charge in [-0.3, -0.25) is 4.79 Å². The molecule has 2 saturated heterocycles. The molecule has 0 saturated carbocycles. The van der Waals surface area contributed by atoms with Crippen molar-refractivity contribution in [1.82, 2.24) is 19.8 Å². The number of hydrogen-bond acceptors (Lipinski definition) is 6. The molecule has 1 aromatic heterocycles. The Hall–Kier alpha value is -2.74. The summed E-state index contributed by atoms with van der Waals surface area (Å²) in [5.41, 5.74) is 1.09. The molecule has 0 bridgehead atoms. The van der Waals surface area contributed by atoms with Gasteiger partial charge in [-0.05, 0) is 26.1 Å². The number of carbonyl (C=O) groups excluding carboxylic acids is 1. The van der Waals surface area contributed by atoms with Crippen LogP contribution in [0.15, 0.2) is 30.3 Å². The lowest BCUT2D eigenvalue weighted by Crippen LogP contribution is -2.48. The second-order valence-electron chi connectivity index (χ2n) is 7.68. The van der Waals surface area contributed by atoms with Crippen molar-refractivity contribution in [2.45, 2.75) is 6.92 Å². The van der Waals surface area contributed by atoms with Gasteiger partial charge in [0.1, 0.15) is 23.2 Å². The van der Waals surface area contributed by atoms with Crippen LogP contribution in [-0.4, -0.2) is 85.1 Å². The van der Waals surface area contributed by atoms with E-state index in [0.29, 0.717) is 43.4 Å². The van der Waals surface area contributed by atoms with E-state index in [9.17, 15) is 9.18 Å². The number of amides is 1. The zero-order valence-electron chi connectivity index (χ0n) is 17.0. The Balaban J connectivity index is 1.46. The highest BCUT2D eigenvalue weighted by Crippen LogP contribution is 2.22. The van der Waals surface area contributed by atoms with Crippen LogP contribution in [0.5, 0.6) is 0 Å². The normalized spacial score (nSPS) is 18.2. The zero-order valence-corrected chi connectivity index (χ0v) is 17.0. The molecule has 0 aliphatic carbocycles. The van der Waals surface area contributed by atoms with Crippen molar-refractivity contribution < 1.29 is 9.18 Å². The predicted octanol–water partition coefficient (Wildman–Crippen LogP) is 1.64. The largest absolute Gasteiger partial charge is 0.366 e. The molecule has 2 aromatic rings.